The quantitative estimate of drug-likeness (QED) is 0.707. The van der Waals surface area contributed by atoms with Crippen molar-refractivity contribution in [2.75, 3.05) is 14.2 Å². The van der Waals surface area contributed by atoms with E-state index in [-0.39, 0.29) is 6.61 Å². The molecular weight excluding hydrogens is 406 g/mol. The lowest BCUT2D eigenvalue weighted by molar-refractivity contribution is -0.139. The first-order valence-corrected chi connectivity index (χ1v) is 8.37. The molecule has 0 unspecified atom stereocenters. The van der Waals surface area contributed by atoms with Crippen molar-refractivity contribution in [2.45, 2.75) is 12.6 Å². The van der Waals surface area contributed by atoms with Gasteiger partial charge in [-0.25, -0.2) is 9.59 Å². The number of methoxy groups -OCH3 is 2. The van der Waals surface area contributed by atoms with Crippen molar-refractivity contribution in [2.24, 2.45) is 0 Å². The van der Waals surface area contributed by atoms with Gasteiger partial charge in [0.2, 0.25) is 0 Å². The van der Waals surface area contributed by atoms with Crippen molar-refractivity contribution < 1.29 is 28.9 Å². The molecule has 0 radical (unpaired) electrons. The highest BCUT2D eigenvalue weighted by atomic mass is 79.9. The van der Waals surface area contributed by atoms with E-state index in [2.05, 4.69) is 21.2 Å². The second kappa shape index (κ2) is 9.10. The summed E-state index contributed by atoms with van der Waals surface area (Å²) in [6.45, 7) is 0.0363. The highest BCUT2D eigenvalue weighted by Crippen LogP contribution is 2.37. The Morgan fingerprint density at radius 3 is 2.42 bits per heavy atom. The first kappa shape index (κ1) is 19.6. The summed E-state index contributed by atoms with van der Waals surface area (Å²) >= 11 is 3.30. The normalized spacial score (nSPS) is 11.3. The number of hydrogen-bond donors (Lipinski definition) is 2. The van der Waals surface area contributed by atoms with Crippen LogP contribution in [0.4, 0.5) is 4.79 Å². The fourth-order valence-corrected chi connectivity index (χ4v) is 2.90. The zero-order valence-corrected chi connectivity index (χ0v) is 15.8. The first-order valence-electron chi connectivity index (χ1n) is 7.57. The Kier molecular flexibility index (Phi) is 6.85. The van der Waals surface area contributed by atoms with E-state index < -0.39 is 18.1 Å². The molecule has 0 spiro atoms. The number of carboxylic acid groups (broad SMARTS) is 1. The summed E-state index contributed by atoms with van der Waals surface area (Å²) in [6, 6.07) is 10.8. The van der Waals surface area contributed by atoms with E-state index in [0.717, 1.165) is 5.56 Å². The van der Waals surface area contributed by atoms with Crippen molar-refractivity contribution >= 4 is 28.0 Å². The van der Waals surface area contributed by atoms with Crippen molar-refractivity contribution in [3.63, 3.8) is 0 Å². The summed E-state index contributed by atoms with van der Waals surface area (Å²) in [4.78, 5) is 23.6. The molecule has 0 saturated carbocycles. The highest BCUT2D eigenvalue weighted by Gasteiger charge is 2.25. The van der Waals surface area contributed by atoms with Crippen LogP contribution >= 0.6 is 15.9 Å². The summed E-state index contributed by atoms with van der Waals surface area (Å²) in [5, 5.41) is 11.8. The zero-order chi connectivity index (χ0) is 19.1. The number of alkyl carbamates (subject to hydrolysis) is 1. The van der Waals surface area contributed by atoms with E-state index in [1.54, 1.807) is 12.1 Å². The lowest BCUT2D eigenvalue weighted by Crippen LogP contribution is -2.34. The molecule has 2 rings (SSSR count). The monoisotopic (exact) mass is 423 g/mol. The van der Waals surface area contributed by atoms with Crippen LogP contribution in [0.25, 0.3) is 0 Å². The standard InChI is InChI=1S/C18H18BrNO6/c1-24-14-9-12(8-13(19)16(14)25-2)15(17(21)22)20-18(23)26-10-11-6-4-3-5-7-11/h3-9,15H,10H2,1-2H3,(H,20,23)(H,21,22)/t15-/m1/s1. The molecule has 0 aromatic heterocycles. The van der Waals surface area contributed by atoms with E-state index in [1.165, 1.54) is 26.4 Å². The van der Waals surface area contributed by atoms with Crippen LogP contribution in [0.1, 0.15) is 17.2 Å². The largest absolute Gasteiger partial charge is 0.493 e. The van der Waals surface area contributed by atoms with Crippen molar-refractivity contribution in [3.8, 4) is 11.5 Å². The number of aliphatic carboxylic acids is 1. The second-order valence-electron chi connectivity index (χ2n) is 5.22. The summed E-state index contributed by atoms with van der Waals surface area (Å²) in [5.74, 6) is -0.476. The predicted molar refractivity (Wildman–Crippen MR) is 97.4 cm³/mol. The van der Waals surface area contributed by atoms with E-state index in [1.807, 2.05) is 18.2 Å². The summed E-state index contributed by atoms with van der Waals surface area (Å²) < 4.78 is 16.0. The summed E-state index contributed by atoms with van der Waals surface area (Å²) in [5.41, 5.74) is 1.10. The number of carbonyl (C=O) groups is 2. The third-order valence-corrected chi connectivity index (χ3v) is 4.10. The third kappa shape index (κ3) is 4.89. The number of nitrogens with one attached hydrogen (secondary N) is 1. The molecule has 1 atom stereocenters. The number of carbonyl (C=O) groups excluding carboxylic acids is 1. The average molecular weight is 424 g/mol. The SMILES string of the molecule is COc1cc([C@@H](NC(=O)OCc2ccccc2)C(=O)O)cc(Br)c1OC. The van der Waals surface area contributed by atoms with E-state index >= 15 is 0 Å². The Morgan fingerprint density at radius 1 is 1.15 bits per heavy atom. The molecule has 0 fully saturated rings. The molecule has 0 bridgehead atoms. The Bertz CT molecular complexity index is 781. The summed E-state index contributed by atoms with van der Waals surface area (Å²) in [7, 11) is 2.90. The maximum Gasteiger partial charge on any atom is 0.408 e. The average Bonchev–Trinajstić information content (AvgIpc) is 2.64. The molecule has 2 N–H and O–H groups in total. The molecule has 0 aliphatic carbocycles. The van der Waals surface area contributed by atoms with Gasteiger partial charge in [-0.1, -0.05) is 30.3 Å². The summed E-state index contributed by atoms with van der Waals surface area (Å²) in [6.07, 6.45) is -0.841. The maximum absolute atomic E-state index is 12.0. The molecule has 26 heavy (non-hydrogen) atoms. The molecule has 1 amide bonds. The van der Waals surface area contributed by atoms with Crippen LogP contribution in [0.15, 0.2) is 46.9 Å². The van der Waals surface area contributed by atoms with Crippen LogP contribution in [-0.2, 0) is 16.1 Å². The van der Waals surface area contributed by atoms with Gasteiger partial charge in [-0.3, -0.25) is 0 Å². The van der Waals surface area contributed by atoms with Crippen molar-refractivity contribution in [1.29, 1.82) is 0 Å². The van der Waals surface area contributed by atoms with Gasteiger partial charge in [0, 0.05) is 0 Å². The highest BCUT2D eigenvalue weighted by molar-refractivity contribution is 9.10. The smallest absolute Gasteiger partial charge is 0.408 e. The first-order chi connectivity index (χ1) is 12.5. The predicted octanol–water partition coefficient (Wildman–Crippen LogP) is 3.52. The van der Waals surface area contributed by atoms with Gasteiger partial charge in [0.05, 0.1) is 18.7 Å². The molecule has 0 aliphatic rings. The fourth-order valence-electron chi connectivity index (χ4n) is 2.27. The Labute approximate surface area is 159 Å². The van der Waals surface area contributed by atoms with Gasteiger partial charge in [0.25, 0.3) is 0 Å². The van der Waals surface area contributed by atoms with Gasteiger partial charge >= 0.3 is 12.1 Å². The van der Waals surface area contributed by atoms with Crippen LogP contribution in [0, 0.1) is 0 Å². The Balaban J connectivity index is 2.15. The van der Waals surface area contributed by atoms with Gasteiger partial charge in [-0.2, -0.15) is 0 Å². The minimum absolute atomic E-state index is 0.0363. The van der Waals surface area contributed by atoms with Gasteiger partial charge in [0.1, 0.15) is 6.61 Å². The molecule has 0 heterocycles. The zero-order valence-electron chi connectivity index (χ0n) is 14.2. The van der Waals surface area contributed by atoms with Gasteiger partial charge in [-0.05, 0) is 39.2 Å². The molecular formula is C18H18BrNO6. The van der Waals surface area contributed by atoms with Gasteiger partial charge in [-0.15, -0.1) is 0 Å². The number of halogens is 1. The van der Waals surface area contributed by atoms with Crippen LogP contribution in [0.5, 0.6) is 11.5 Å². The maximum atomic E-state index is 12.0. The fraction of sp³-hybridized carbons (Fsp3) is 0.222. The van der Waals surface area contributed by atoms with E-state index in [0.29, 0.717) is 21.5 Å². The van der Waals surface area contributed by atoms with Crippen molar-refractivity contribution in [1.82, 2.24) is 5.32 Å². The minimum Gasteiger partial charge on any atom is -0.493 e. The number of ether oxygens (including phenoxy) is 3. The van der Waals surface area contributed by atoms with Crippen LogP contribution in [-0.4, -0.2) is 31.4 Å². The van der Waals surface area contributed by atoms with Gasteiger partial charge < -0.3 is 24.6 Å². The molecule has 0 saturated heterocycles. The third-order valence-electron chi connectivity index (χ3n) is 3.51. The van der Waals surface area contributed by atoms with Crippen molar-refractivity contribution in [3.05, 3.63) is 58.1 Å². The number of hydrogen-bond acceptors (Lipinski definition) is 5. The van der Waals surface area contributed by atoms with E-state index in [9.17, 15) is 14.7 Å². The lowest BCUT2D eigenvalue weighted by Gasteiger charge is -2.18. The topological polar surface area (TPSA) is 94.1 Å². The number of benzene rings is 2. The Morgan fingerprint density at radius 2 is 1.85 bits per heavy atom. The molecule has 8 heteroatoms. The molecule has 7 nitrogen and oxygen atoms in total. The second-order valence-corrected chi connectivity index (χ2v) is 6.07. The molecule has 2 aromatic rings. The Hall–Kier alpha value is -2.74. The number of carboxylic acids is 1. The van der Waals surface area contributed by atoms with Crippen LogP contribution < -0.4 is 14.8 Å². The van der Waals surface area contributed by atoms with Crippen LogP contribution in [0.2, 0.25) is 0 Å². The van der Waals surface area contributed by atoms with Crippen LogP contribution in [0.3, 0.4) is 0 Å². The van der Waals surface area contributed by atoms with Gasteiger partial charge in [0.15, 0.2) is 17.5 Å². The molecule has 0 aliphatic heterocycles. The van der Waals surface area contributed by atoms with E-state index in [4.69, 9.17) is 14.2 Å². The number of amides is 1. The molecule has 138 valence electrons. The number of rotatable bonds is 7. The lowest BCUT2D eigenvalue weighted by atomic mass is 10.1. The molecule has 2 aromatic carbocycles. The minimum atomic E-state index is -1.31.